The summed E-state index contributed by atoms with van der Waals surface area (Å²) in [5, 5.41) is 19.7. The minimum Gasteiger partial charge on any atom is -0.496 e. The maximum absolute atomic E-state index is 13.3. The number of ether oxygens (including phenoxy) is 2. The number of halogens is 2. The van der Waals surface area contributed by atoms with Crippen LogP contribution in [0.2, 0.25) is 0 Å². The molecule has 0 saturated carbocycles. The Hall–Kier alpha value is -4.37. The van der Waals surface area contributed by atoms with Gasteiger partial charge in [0.1, 0.15) is 29.6 Å². The molecule has 0 atom stereocenters. The van der Waals surface area contributed by atoms with Gasteiger partial charge in [-0.1, -0.05) is 17.3 Å². The van der Waals surface area contributed by atoms with Gasteiger partial charge in [0, 0.05) is 17.1 Å². The van der Waals surface area contributed by atoms with Crippen LogP contribution in [0, 0.1) is 5.82 Å². The number of nitrogens with two attached hydrogens (primary N) is 1. The Balaban J connectivity index is 1.33. The second kappa shape index (κ2) is 12.2. The van der Waals surface area contributed by atoms with Gasteiger partial charge in [-0.3, -0.25) is 9.69 Å². The van der Waals surface area contributed by atoms with E-state index in [1.807, 2.05) is 0 Å². The Morgan fingerprint density at radius 2 is 2.02 bits per heavy atom. The van der Waals surface area contributed by atoms with Crippen LogP contribution in [0.25, 0.3) is 5.82 Å². The molecule has 1 saturated heterocycles. The summed E-state index contributed by atoms with van der Waals surface area (Å²) in [6.45, 7) is 2.47. The standard InChI is InChI=1S/C25H25BrFN9O4/c1-38-21-11-17(39-14-15-4-6-16(27)7-5-15)10-19(26)18(21)12-29-31-25(37)22-20(13-35-8-2-3-9-35)30-34-36(22)24-23(28)32-40-33-24/h4-7,10-12H,2-3,8-9,13-14H2,1H3,(H2,28,32)(H,31,37)/b29-12+. The summed E-state index contributed by atoms with van der Waals surface area (Å²) in [5.74, 6) is 0.0957. The summed E-state index contributed by atoms with van der Waals surface area (Å²) in [7, 11) is 1.51. The molecule has 1 amide bonds. The second-order valence-electron chi connectivity index (χ2n) is 8.89. The van der Waals surface area contributed by atoms with Crippen molar-refractivity contribution in [2.75, 3.05) is 25.9 Å². The van der Waals surface area contributed by atoms with Crippen LogP contribution in [0.15, 0.2) is 50.6 Å². The number of likely N-dealkylation sites (tertiary alicyclic amines) is 1. The summed E-state index contributed by atoms with van der Waals surface area (Å²) in [4.78, 5) is 15.5. The second-order valence-corrected chi connectivity index (χ2v) is 9.74. The van der Waals surface area contributed by atoms with Gasteiger partial charge in [-0.2, -0.15) is 9.78 Å². The lowest BCUT2D eigenvalue weighted by Crippen LogP contribution is -2.26. The Morgan fingerprint density at radius 3 is 2.73 bits per heavy atom. The summed E-state index contributed by atoms with van der Waals surface area (Å²) in [6.07, 6.45) is 3.59. The predicted octanol–water partition coefficient (Wildman–Crippen LogP) is 3.08. The van der Waals surface area contributed by atoms with Gasteiger partial charge in [-0.05, 0) is 75.9 Å². The molecule has 0 radical (unpaired) electrons. The van der Waals surface area contributed by atoms with Crippen LogP contribution >= 0.6 is 15.9 Å². The molecule has 0 spiro atoms. The average molecular weight is 614 g/mol. The first-order chi connectivity index (χ1) is 19.4. The van der Waals surface area contributed by atoms with E-state index in [4.69, 9.17) is 15.2 Å². The fourth-order valence-electron chi connectivity index (χ4n) is 4.19. The van der Waals surface area contributed by atoms with E-state index in [1.54, 1.807) is 24.3 Å². The number of nitrogens with zero attached hydrogens (tertiary/aromatic N) is 7. The monoisotopic (exact) mass is 613 g/mol. The fraction of sp³-hybridized carbons (Fsp3) is 0.280. The fourth-order valence-corrected chi connectivity index (χ4v) is 4.71. The van der Waals surface area contributed by atoms with E-state index in [-0.39, 0.29) is 29.8 Å². The Morgan fingerprint density at radius 1 is 1.25 bits per heavy atom. The highest BCUT2D eigenvalue weighted by molar-refractivity contribution is 9.10. The van der Waals surface area contributed by atoms with Gasteiger partial charge in [0.2, 0.25) is 11.6 Å². The highest BCUT2D eigenvalue weighted by Gasteiger charge is 2.27. The molecule has 13 nitrogen and oxygen atoms in total. The van der Waals surface area contributed by atoms with Gasteiger partial charge in [0.05, 0.1) is 18.9 Å². The average Bonchev–Trinajstić information content (AvgIpc) is 3.71. The molecule has 3 N–H and O–H groups in total. The molecule has 4 aromatic rings. The lowest BCUT2D eigenvalue weighted by Gasteiger charge is -2.13. The van der Waals surface area contributed by atoms with Crippen LogP contribution in [0.4, 0.5) is 10.2 Å². The van der Waals surface area contributed by atoms with Crippen LogP contribution < -0.4 is 20.6 Å². The highest BCUT2D eigenvalue weighted by Crippen LogP contribution is 2.32. The zero-order valence-electron chi connectivity index (χ0n) is 21.4. The zero-order chi connectivity index (χ0) is 28.1. The number of hydrazone groups is 1. The molecule has 15 heteroatoms. The third kappa shape index (κ3) is 6.10. The van der Waals surface area contributed by atoms with Crippen molar-refractivity contribution in [3.63, 3.8) is 0 Å². The van der Waals surface area contributed by atoms with Crippen molar-refractivity contribution in [1.82, 2.24) is 35.6 Å². The van der Waals surface area contributed by atoms with E-state index >= 15 is 0 Å². The lowest BCUT2D eigenvalue weighted by molar-refractivity contribution is 0.0945. The molecule has 40 heavy (non-hydrogen) atoms. The number of carbonyl (C=O) groups is 1. The minimum absolute atomic E-state index is 0.0365. The van der Waals surface area contributed by atoms with Gasteiger partial charge in [0.15, 0.2) is 5.69 Å². The Kier molecular flexibility index (Phi) is 8.31. The molecular weight excluding hydrogens is 589 g/mol. The van der Waals surface area contributed by atoms with E-state index in [0.29, 0.717) is 33.8 Å². The number of rotatable bonds is 10. The topological polar surface area (TPSA) is 159 Å². The SMILES string of the molecule is COc1cc(OCc2ccc(F)cc2)cc(Br)c1/C=N/NC(=O)c1c(CN2CCCC2)nnn1-c1nonc1N. The van der Waals surface area contributed by atoms with Gasteiger partial charge < -0.3 is 15.2 Å². The first-order valence-corrected chi connectivity index (χ1v) is 13.1. The van der Waals surface area contributed by atoms with Crippen molar-refractivity contribution in [2.45, 2.75) is 26.0 Å². The third-order valence-corrected chi connectivity index (χ3v) is 6.84. The van der Waals surface area contributed by atoms with E-state index in [9.17, 15) is 9.18 Å². The number of methoxy groups -OCH3 is 1. The molecule has 2 aromatic heterocycles. The number of nitrogen functional groups attached to an aromatic ring is 1. The molecule has 0 bridgehead atoms. The molecule has 0 unspecified atom stereocenters. The molecule has 2 aromatic carbocycles. The van der Waals surface area contributed by atoms with Crippen LogP contribution in [-0.4, -0.2) is 62.5 Å². The van der Waals surface area contributed by atoms with Gasteiger partial charge in [0.25, 0.3) is 5.91 Å². The molecule has 1 fully saturated rings. The van der Waals surface area contributed by atoms with Crippen molar-refractivity contribution in [1.29, 1.82) is 0 Å². The summed E-state index contributed by atoms with van der Waals surface area (Å²) >= 11 is 3.50. The molecule has 3 heterocycles. The zero-order valence-corrected chi connectivity index (χ0v) is 23.0. The van der Waals surface area contributed by atoms with E-state index in [0.717, 1.165) is 31.5 Å². The summed E-state index contributed by atoms with van der Waals surface area (Å²) < 4.78 is 31.0. The highest BCUT2D eigenvalue weighted by atomic mass is 79.9. The van der Waals surface area contributed by atoms with Crippen LogP contribution in [0.5, 0.6) is 11.5 Å². The predicted molar refractivity (Wildman–Crippen MR) is 145 cm³/mol. The number of anilines is 1. The Labute approximate surface area is 236 Å². The van der Waals surface area contributed by atoms with Crippen LogP contribution in [0.1, 0.15) is 40.2 Å². The minimum atomic E-state index is -0.577. The molecule has 5 rings (SSSR count). The van der Waals surface area contributed by atoms with Crippen molar-refractivity contribution in [3.05, 3.63) is 69.2 Å². The van der Waals surface area contributed by atoms with Crippen LogP contribution in [0.3, 0.4) is 0 Å². The largest absolute Gasteiger partial charge is 0.496 e. The number of amides is 1. The first kappa shape index (κ1) is 27.2. The smallest absolute Gasteiger partial charge is 0.292 e. The number of hydrogen-bond donors (Lipinski definition) is 2. The maximum Gasteiger partial charge on any atom is 0.292 e. The number of nitrogens with one attached hydrogen (secondary N) is 1. The molecule has 1 aliphatic rings. The maximum atomic E-state index is 13.3. The quantitative estimate of drug-likeness (QED) is 0.201. The van der Waals surface area contributed by atoms with Crippen LogP contribution in [-0.2, 0) is 13.2 Å². The number of benzene rings is 2. The summed E-state index contributed by atoms with van der Waals surface area (Å²) in [6, 6.07) is 9.47. The number of aromatic nitrogens is 5. The molecular formula is C25H25BrFN9O4. The Bertz CT molecular complexity index is 1520. The lowest BCUT2D eigenvalue weighted by atomic mass is 10.2. The van der Waals surface area contributed by atoms with Gasteiger partial charge >= 0.3 is 0 Å². The molecule has 1 aliphatic heterocycles. The third-order valence-electron chi connectivity index (χ3n) is 6.19. The van der Waals surface area contributed by atoms with E-state index in [1.165, 1.54) is 30.1 Å². The van der Waals surface area contributed by atoms with Gasteiger partial charge in [-0.25, -0.2) is 14.4 Å². The number of carbonyl (C=O) groups excluding carboxylic acids is 1. The number of hydrogen-bond acceptors (Lipinski definition) is 11. The van der Waals surface area contributed by atoms with E-state index < -0.39 is 5.91 Å². The van der Waals surface area contributed by atoms with Crippen molar-refractivity contribution < 1.29 is 23.3 Å². The normalized spacial score (nSPS) is 13.7. The van der Waals surface area contributed by atoms with Crippen molar-refractivity contribution in [3.8, 4) is 17.3 Å². The van der Waals surface area contributed by atoms with Gasteiger partial charge in [-0.15, -0.1) is 5.10 Å². The van der Waals surface area contributed by atoms with Crippen molar-refractivity contribution >= 4 is 33.9 Å². The summed E-state index contributed by atoms with van der Waals surface area (Å²) in [5.41, 5.74) is 10.3. The first-order valence-electron chi connectivity index (χ1n) is 12.3. The molecule has 0 aliphatic carbocycles. The van der Waals surface area contributed by atoms with E-state index in [2.05, 4.69) is 56.6 Å². The van der Waals surface area contributed by atoms with Crippen molar-refractivity contribution in [2.24, 2.45) is 5.10 Å². The molecule has 208 valence electrons.